The van der Waals surface area contributed by atoms with Crippen molar-refractivity contribution in [3.63, 3.8) is 0 Å². The summed E-state index contributed by atoms with van der Waals surface area (Å²) in [5.74, 6) is 0. The van der Waals surface area contributed by atoms with Crippen LogP contribution in [0.25, 0.3) is 91.1 Å². The molecule has 11 rings (SSSR count). The summed E-state index contributed by atoms with van der Waals surface area (Å²) in [7, 11) is 0. The van der Waals surface area contributed by atoms with Gasteiger partial charge in [0.15, 0.2) is 0 Å². The molecule has 0 N–H and O–H groups in total. The van der Waals surface area contributed by atoms with Gasteiger partial charge in [-0.1, -0.05) is 117 Å². The molecule has 0 spiro atoms. The first-order valence-electron chi connectivity index (χ1n) is 16.4. The van der Waals surface area contributed by atoms with Gasteiger partial charge in [-0.2, -0.15) is 0 Å². The minimum absolute atomic E-state index is 0.0839. The zero-order valence-corrected chi connectivity index (χ0v) is 27.0. The summed E-state index contributed by atoms with van der Waals surface area (Å²) in [5.41, 5.74) is 9.00. The van der Waals surface area contributed by atoms with Crippen molar-refractivity contribution in [3.05, 3.63) is 151 Å². The minimum Gasteiger partial charge on any atom is -0.309 e. The van der Waals surface area contributed by atoms with Gasteiger partial charge in [-0.15, -0.1) is 11.3 Å². The fourth-order valence-corrected chi connectivity index (χ4v) is 10.1. The van der Waals surface area contributed by atoms with Crippen LogP contribution in [0.4, 0.5) is 0 Å². The third-order valence-corrected chi connectivity index (χ3v) is 12.1. The lowest BCUT2D eigenvalue weighted by Crippen LogP contribution is -2.15. The van der Waals surface area contributed by atoms with Gasteiger partial charge in [0, 0.05) is 42.0 Å². The Balaban J connectivity index is 1.31. The number of fused-ring (bicyclic) bond motifs is 6. The maximum absolute atomic E-state index is 2.52. The van der Waals surface area contributed by atoms with E-state index in [-0.39, 0.29) is 5.41 Å². The first kappa shape index (κ1) is 25.7. The molecule has 2 aromatic heterocycles. The minimum atomic E-state index is -0.0839. The molecule has 47 heavy (non-hydrogen) atoms. The normalized spacial score (nSPS) is 13.9. The summed E-state index contributed by atoms with van der Waals surface area (Å²) in [6, 6.07) is 52.4. The van der Waals surface area contributed by atoms with Crippen LogP contribution in [-0.2, 0) is 5.41 Å². The summed E-state index contributed by atoms with van der Waals surface area (Å²) in [6.07, 6.45) is 0. The van der Waals surface area contributed by atoms with Gasteiger partial charge < -0.3 is 4.57 Å². The Morgan fingerprint density at radius 3 is 1.94 bits per heavy atom. The standard InChI is InChI=1S/C45H29NS/c1-45(2)34-19-8-17-31-29-13-3-4-14-30(29)32-18-9-20-36-42(32)44-37(24-23-35(45)43(44)41(31)34)46(36)27-12-7-11-26(25-27)28-16-10-22-39-40(28)33-15-5-6-21-38(33)47-39/h3-25H,1-2H3. The number of nitrogens with zero attached hydrogens (tertiary/aromatic N) is 1. The lowest BCUT2D eigenvalue weighted by atomic mass is 9.81. The van der Waals surface area contributed by atoms with E-state index in [4.69, 9.17) is 0 Å². The smallest absolute Gasteiger partial charge is 0.0547 e. The largest absolute Gasteiger partial charge is 0.309 e. The molecule has 8 aromatic carbocycles. The molecule has 2 heteroatoms. The van der Waals surface area contributed by atoms with Crippen LogP contribution in [0.2, 0.25) is 0 Å². The lowest BCUT2D eigenvalue weighted by Gasteiger charge is -2.22. The average Bonchev–Trinajstić information content (AvgIpc) is 3.73. The van der Waals surface area contributed by atoms with Crippen molar-refractivity contribution < 1.29 is 0 Å². The SMILES string of the molecule is CC1(C)c2cccc3c4ccccc4c4cccc5c4c4c(c1ccc4n5-c1cccc(-c4cccc5sc6ccccc6c45)c1)c23. The van der Waals surface area contributed by atoms with E-state index in [1.807, 2.05) is 11.3 Å². The average molecular weight is 616 g/mol. The summed E-state index contributed by atoms with van der Waals surface area (Å²) >= 11 is 1.88. The predicted molar refractivity (Wildman–Crippen MR) is 204 cm³/mol. The molecule has 0 unspecified atom stereocenters. The zero-order chi connectivity index (χ0) is 31.0. The van der Waals surface area contributed by atoms with Crippen LogP contribution in [0.1, 0.15) is 25.0 Å². The molecule has 0 radical (unpaired) electrons. The van der Waals surface area contributed by atoms with Gasteiger partial charge in [-0.3, -0.25) is 0 Å². The molecule has 1 nitrogen and oxygen atoms in total. The van der Waals surface area contributed by atoms with Gasteiger partial charge in [0.1, 0.15) is 0 Å². The maximum Gasteiger partial charge on any atom is 0.0547 e. The van der Waals surface area contributed by atoms with E-state index >= 15 is 0 Å². The van der Waals surface area contributed by atoms with Crippen molar-refractivity contribution in [2.24, 2.45) is 0 Å². The quantitative estimate of drug-likeness (QED) is 0.182. The molecule has 0 saturated carbocycles. The number of thiophene rings is 1. The van der Waals surface area contributed by atoms with Gasteiger partial charge in [0.25, 0.3) is 0 Å². The van der Waals surface area contributed by atoms with E-state index in [0.29, 0.717) is 0 Å². The highest BCUT2D eigenvalue weighted by Gasteiger charge is 2.35. The number of benzene rings is 7. The molecule has 0 aliphatic heterocycles. The Morgan fingerprint density at radius 1 is 0.447 bits per heavy atom. The molecular weight excluding hydrogens is 587 g/mol. The Bertz CT molecular complexity index is 2990. The fraction of sp³-hybridized carbons (Fsp3) is 0.0667. The second-order valence-corrected chi connectivity index (χ2v) is 14.7. The molecule has 10 aromatic rings. The van der Waals surface area contributed by atoms with E-state index in [1.165, 1.54) is 102 Å². The van der Waals surface area contributed by atoms with E-state index in [2.05, 4.69) is 158 Å². The predicted octanol–water partition coefficient (Wildman–Crippen LogP) is 12.9. The van der Waals surface area contributed by atoms with Crippen LogP contribution in [0.3, 0.4) is 0 Å². The van der Waals surface area contributed by atoms with Crippen LogP contribution < -0.4 is 0 Å². The van der Waals surface area contributed by atoms with E-state index < -0.39 is 0 Å². The highest BCUT2D eigenvalue weighted by molar-refractivity contribution is 7.25. The maximum atomic E-state index is 2.52. The van der Waals surface area contributed by atoms with Crippen LogP contribution >= 0.6 is 11.3 Å². The summed E-state index contributed by atoms with van der Waals surface area (Å²) in [4.78, 5) is 0. The topological polar surface area (TPSA) is 4.93 Å². The second kappa shape index (κ2) is 8.88. The van der Waals surface area contributed by atoms with Gasteiger partial charge in [-0.05, 0) is 91.0 Å². The molecule has 220 valence electrons. The van der Waals surface area contributed by atoms with Crippen LogP contribution in [0.15, 0.2) is 140 Å². The molecule has 0 fully saturated rings. The first-order chi connectivity index (χ1) is 23.1. The van der Waals surface area contributed by atoms with Crippen molar-refractivity contribution in [2.75, 3.05) is 0 Å². The summed E-state index contributed by atoms with van der Waals surface area (Å²) in [6.45, 7) is 4.80. The van der Waals surface area contributed by atoms with E-state index in [9.17, 15) is 0 Å². The van der Waals surface area contributed by atoms with E-state index in [0.717, 1.165) is 0 Å². The van der Waals surface area contributed by atoms with Crippen molar-refractivity contribution in [1.82, 2.24) is 4.57 Å². The third-order valence-electron chi connectivity index (χ3n) is 10.9. The van der Waals surface area contributed by atoms with E-state index in [1.54, 1.807) is 0 Å². The van der Waals surface area contributed by atoms with Crippen molar-refractivity contribution in [1.29, 1.82) is 0 Å². The Hall–Kier alpha value is -5.44. The lowest BCUT2D eigenvalue weighted by molar-refractivity contribution is 0.663. The van der Waals surface area contributed by atoms with Gasteiger partial charge in [0.2, 0.25) is 0 Å². The number of aromatic nitrogens is 1. The molecule has 0 bridgehead atoms. The molecule has 1 aliphatic rings. The molecular formula is C45H29NS. The van der Waals surface area contributed by atoms with Crippen molar-refractivity contribution in [2.45, 2.75) is 19.3 Å². The van der Waals surface area contributed by atoms with Gasteiger partial charge >= 0.3 is 0 Å². The Kier molecular flexibility index (Phi) is 4.86. The second-order valence-electron chi connectivity index (χ2n) is 13.6. The highest BCUT2D eigenvalue weighted by atomic mass is 32.1. The Labute approximate surface area is 275 Å². The molecule has 0 atom stereocenters. The van der Waals surface area contributed by atoms with Crippen LogP contribution in [0.5, 0.6) is 0 Å². The first-order valence-corrected chi connectivity index (χ1v) is 17.3. The van der Waals surface area contributed by atoms with Crippen LogP contribution in [-0.4, -0.2) is 4.57 Å². The zero-order valence-electron chi connectivity index (χ0n) is 26.1. The van der Waals surface area contributed by atoms with Crippen molar-refractivity contribution in [3.8, 4) is 16.8 Å². The summed E-state index contributed by atoms with van der Waals surface area (Å²) < 4.78 is 5.19. The monoisotopic (exact) mass is 615 g/mol. The molecule has 0 amide bonds. The highest BCUT2D eigenvalue weighted by Crippen LogP contribution is 2.53. The number of hydrogen-bond acceptors (Lipinski definition) is 1. The van der Waals surface area contributed by atoms with Gasteiger partial charge in [-0.25, -0.2) is 0 Å². The fourth-order valence-electron chi connectivity index (χ4n) is 8.93. The van der Waals surface area contributed by atoms with Crippen molar-refractivity contribution >= 4 is 85.6 Å². The molecule has 2 heterocycles. The molecule has 0 saturated heterocycles. The summed E-state index contributed by atoms with van der Waals surface area (Å²) in [5, 5.41) is 13.5. The van der Waals surface area contributed by atoms with Gasteiger partial charge in [0.05, 0.1) is 11.0 Å². The third kappa shape index (κ3) is 3.19. The molecule has 1 aliphatic carbocycles. The van der Waals surface area contributed by atoms with Crippen LogP contribution in [0, 0.1) is 0 Å². The number of hydrogen-bond donors (Lipinski definition) is 0. The Morgan fingerprint density at radius 2 is 1.09 bits per heavy atom. The number of rotatable bonds is 2.